The number of halogens is 2. The highest BCUT2D eigenvalue weighted by molar-refractivity contribution is 6.18. The van der Waals surface area contributed by atoms with E-state index in [1.165, 1.54) is 17.0 Å². The summed E-state index contributed by atoms with van der Waals surface area (Å²) in [6, 6.07) is 2.61. The Morgan fingerprint density at radius 2 is 1.45 bits per heavy atom. The minimum absolute atomic E-state index is 0.0492. The van der Waals surface area contributed by atoms with Crippen molar-refractivity contribution in [2.45, 2.75) is 6.92 Å². The lowest BCUT2D eigenvalue weighted by Gasteiger charge is -2.22. The SMILES string of the molecule is Cc1cc([N+](=O)[O-])c(N(CCCl)CCCl)c([N+](=O)[O-])c1. The molecule has 0 spiro atoms. The summed E-state index contributed by atoms with van der Waals surface area (Å²) in [7, 11) is 0. The van der Waals surface area contributed by atoms with Crippen LogP contribution >= 0.6 is 23.2 Å². The third kappa shape index (κ3) is 3.71. The molecule has 0 bridgehead atoms. The van der Waals surface area contributed by atoms with Crippen molar-refractivity contribution in [3.05, 3.63) is 37.9 Å². The van der Waals surface area contributed by atoms with Crippen LogP contribution in [-0.2, 0) is 0 Å². The van der Waals surface area contributed by atoms with Gasteiger partial charge in [0.05, 0.1) is 9.85 Å². The van der Waals surface area contributed by atoms with Gasteiger partial charge in [0.1, 0.15) is 0 Å². The summed E-state index contributed by atoms with van der Waals surface area (Å²) >= 11 is 11.3. The van der Waals surface area contributed by atoms with Crippen LogP contribution in [0.1, 0.15) is 5.56 Å². The third-order valence-corrected chi connectivity index (χ3v) is 2.97. The predicted octanol–water partition coefficient (Wildman–Crippen LogP) is 3.10. The Balaban J connectivity index is 3.52. The summed E-state index contributed by atoms with van der Waals surface area (Å²) in [5.41, 5.74) is -0.227. The Hall–Kier alpha value is -1.60. The molecule has 1 aromatic carbocycles. The van der Waals surface area contributed by atoms with Gasteiger partial charge in [0.2, 0.25) is 0 Å². The van der Waals surface area contributed by atoms with Gasteiger partial charge in [-0.25, -0.2) is 0 Å². The Labute approximate surface area is 125 Å². The fraction of sp³-hybridized carbons (Fsp3) is 0.455. The molecule has 1 rings (SSSR count). The van der Waals surface area contributed by atoms with E-state index in [0.29, 0.717) is 5.56 Å². The molecule has 9 heteroatoms. The predicted molar refractivity (Wildman–Crippen MR) is 78.1 cm³/mol. The van der Waals surface area contributed by atoms with Crippen LogP contribution in [0.4, 0.5) is 17.1 Å². The van der Waals surface area contributed by atoms with Crippen molar-refractivity contribution < 1.29 is 9.85 Å². The lowest BCUT2D eigenvalue weighted by atomic mass is 10.1. The first-order valence-corrected chi connectivity index (χ1v) is 6.79. The summed E-state index contributed by atoms with van der Waals surface area (Å²) < 4.78 is 0. The number of anilines is 1. The van der Waals surface area contributed by atoms with E-state index in [4.69, 9.17) is 23.2 Å². The van der Waals surface area contributed by atoms with Crippen LogP contribution < -0.4 is 4.90 Å². The van der Waals surface area contributed by atoms with Crippen LogP contribution in [0.2, 0.25) is 0 Å². The molecule has 0 aliphatic heterocycles. The van der Waals surface area contributed by atoms with Crippen molar-refractivity contribution in [3.8, 4) is 0 Å². The second-order valence-corrected chi connectivity index (χ2v) is 4.79. The van der Waals surface area contributed by atoms with E-state index in [-0.39, 0.29) is 41.9 Å². The standard InChI is InChI=1S/C11H13Cl2N3O4/c1-8-6-9(15(17)18)11(10(7-8)16(19)20)14(4-2-12)5-3-13/h6-7H,2-5H2,1H3. The summed E-state index contributed by atoms with van der Waals surface area (Å²) in [5, 5.41) is 22.3. The molecule has 7 nitrogen and oxygen atoms in total. The molecule has 0 aliphatic rings. The number of benzene rings is 1. The maximum atomic E-state index is 11.2. The second-order valence-electron chi connectivity index (χ2n) is 4.03. The van der Waals surface area contributed by atoms with Gasteiger partial charge in [0.25, 0.3) is 11.4 Å². The Morgan fingerprint density at radius 3 is 1.75 bits per heavy atom. The number of nitro benzene ring substituents is 2. The number of nitro groups is 2. The lowest BCUT2D eigenvalue weighted by Crippen LogP contribution is -2.29. The minimum Gasteiger partial charge on any atom is -0.358 e. The van der Waals surface area contributed by atoms with Crippen LogP contribution in [0.3, 0.4) is 0 Å². The zero-order chi connectivity index (χ0) is 15.3. The first-order valence-electron chi connectivity index (χ1n) is 5.72. The number of rotatable bonds is 7. The van der Waals surface area contributed by atoms with Gasteiger partial charge in [-0.05, 0) is 12.5 Å². The van der Waals surface area contributed by atoms with Gasteiger partial charge in [-0.2, -0.15) is 0 Å². The van der Waals surface area contributed by atoms with Gasteiger partial charge in [-0.15, -0.1) is 23.2 Å². The monoisotopic (exact) mass is 321 g/mol. The first kappa shape index (κ1) is 16.5. The molecule has 20 heavy (non-hydrogen) atoms. The van der Waals surface area contributed by atoms with Crippen molar-refractivity contribution in [2.24, 2.45) is 0 Å². The van der Waals surface area contributed by atoms with Crippen molar-refractivity contribution in [1.29, 1.82) is 0 Å². The van der Waals surface area contributed by atoms with Gasteiger partial charge < -0.3 is 4.90 Å². The van der Waals surface area contributed by atoms with E-state index in [1.54, 1.807) is 6.92 Å². The van der Waals surface area contributed by atoms with Crippen LogP contribution in [0.5, 0.6) is 0 Å². The van der Waals surface area contributed by atoms with Gasteiger partial charge in [-0.1, -0.05) is 0 Å². The van der Waals surface area contributed by atoms with E-state index in [1.807, 2.05) is 0 Å². The van der Waals surface area contributed by atoms with Gasteiger partial charge in [0.15, 0.2) is 5.69 Å². The summed E-state index contributed by atoms with van der Waals surface area (Å²) in [5.74, 6) is 0.359. The number of hydrogen-bond acceptors (Lipinski definition) is 5. The summed E-state index contributed by atoms with van der Waals surface area (Å²) in [4.78, 5) is 22.5. The highest BCUT2D eigenvalue weighted by Crippen LogP contribution is 2.38. The van der Waals surface area contributed by atoms with Crippen LogP contribution in [0, 0.1) is 27.2 Å². The molecule has 0 fully saturated rings. The fourth-order valence-corrected chi connectivity index (χ4v) is 2.29. The number of hydrogen-bond donors (Lipinski definition) is 0. The Kier molecular flexibility index (Phi) is 5.97. The second kappa shape index (κ2) is 7.25. The van der Waals surface area contributed by atoms with Crippen LogP contribution in [0.25, 0.3) is 0 Å². The molecule has 0 saturated carbocycles. The zero-order valence-corrected chi connectivity index (χ0v) is 12.2. The average molecular weight is 322 g/mol. The largest absolute Gasteiger partial charge is 0.358 e. The summed E-state index contributed by atoms with van der Waals surface area (Å²) in [6.45, 7) is 2.04. The molecular weight excluding hydrogens is 309 g/mol. The molecule has 0 heterocycles. The molecule has 0 N–H and O–H groups in total. The zero-order valence-electron chi connectivity index (χ0n) is 10.7. The van der Waals surface area contributed by atoms with E-state index >= 15 is 0 Å². The summed E-state index contributed by atoms with van der Waals surface area (Å²) in [6.07, 6.45) is 0. The van der Waals surface area contributed by atoms with E-state index in [0.717, 1.165) is 0 Å². The van der Waals surface area contributed by atoms with Crippen LogP contribution in [-0.4, -0.2) is 34.7 Å². The molecule has 0 atom stereocenters. The Bertz CT molecular complexity index is 483. The van der Waals surface area contributed by atoms with Gasteiger partial charge in [-0.3, -0.25) is 20.2 Å². The molecule has 0 radical (unpaired) electrons. The normalized spacial score (nSPS) is 10.3. The fourth-order valence-electron chi connectivity index (χ4n) is 1.88. The van der Waals surface area contributed by atoms with Crippen molar-refractivity contribution >= 4 is 40.3 Å². The molecule has 0 saturated heterocycles. The molecule has 110 valence electrons. The van der Waals surface area contributed by atoms with Gasteiger partial charge in [0, 0.05) is 37.0 Å². The van der Waals surface area contributed by atoms with E-state index in [2.05, 4.69) is 0 Å². The number of nitrogens with zero attached hydrogens (tertiary/aromatic N) is 3. The highest BCUT2D eigenvalue weighted by atomic mass is 35.5. The third-order valence-electron chi connectivity index (χ3n) is 2.63. The molecular formula is C11H13Cl2N3O4. The Morgan fingerprint density at radius 1 is 1.05 bits per heavy atom. The molecule has 0 aromatic heterocycles. The quantitative estimate of drug-likeness (QED) is 0.437. The molecule has 0 unspecified atom stereocenters. The number of alkyl halides is 2. The van der Waals surface area contributed by atoms with Crippen molar-refractivity contribution in [2.75, 3.05) is 29.7 Å². The number of aryl methyl sites for hydroxylation is 1. The molecule has 0 aliphatic carbocycles. The average Bonchev–Trinajstić information content (AvgIpc) is 2.37. The van der Waals surface area contributed by atoms with E-state index in [9.17, 15) is 20.2 Å². The minimum atomic E-state index is -0.634. The maximum absolute atomic E-state index is 11.2. The molecule has 1 aromatic rings. The van der Waals surface area contributed by atoms with Crippen molar-refractivity contribution in [3.63, 3.8) is 0 Å². The smallest absolute Gasteiger partial charge is 0.299 e. The molecule has 0 amide bonds. The van der Waals surface area contributed by atoms with Gasteiger partial charge >= 0.3 is 0 Å². The van der Waals surface area contributed by atoms with Crippen LogP contribution in [0.15, 0.2) is 12.1 Å². The maximum Gasteiger partial charge on any atom is 0.299 e. The van der Waals surface area contributed by atoms with E-state index < -0.39 is 9.85 Å². The topological polar surface area (TPSA) is 89.5 Å². The first-order chi connectivity index (χ1) is 9.42. The van der Waals surface area contributed by atoms with Crippen molar-refractivity contribution in [1.82, 2.24) is 0 Å². The lowest BCUT2D eigenvalue weighted by molar-refractivity contribution is -0.392. The highest BCUT2D eigenvalue weighted by Gasteiger charge is 2.30.